The van der Waals surface area contributed by atoms with Gasteiger partial charge in [0.25, 0.3) is 0 Å². The zero-order valence-electron chi connectivity index (χ0n) is 12.2. The molecule has 0 aliphatic carbocycles. The van der Waals surface area contributed by atoms with Crippen LogP contribution in [0.15, 0.2) is 59.5 Å². The number of hydrogen-bond acceptors (Lipinski definition) is 2. The molecule has 2 heteroatoms. The van der Waals surface area contributed by atoms with E-state index in [1.807, 2.05) is 17.8 Å². The summed E-state index contributed by atoms with van der Waals surface area (Å²) in [5, 5.41) is 0. The van der Waals surface area contributed by atoms with Crippen molar-refractivity contribution in [1.82, 2.24) is 0 Å². The topological polar surface area (TPSA) is 9.23 Å². The van der Waals surface area contributed by atoms with Crippen LogP contribution in [0.2, 0.25) is 0 Å². The smallest absolute Gasteiger partial charge is 0.119 e. The van der Waals surface area contributed by atoms with Gasteiger partial charge in [-0.05, 0) is 42.2 Å². The first-order valence-corrected chi connectivity index (χ1v) is 8.18. The van der Waals surface area contributed by atoms with Gasteiger partial charge in [-0.3, -0.25) is 0 Å². The minimum absolute atomic E-state index is 0.623. The number of benzene rings is 2. The lowest BCUT2D eigenvalue weighted by molar-refractivity contribution is 0.344. The highest BCUT2D eigenvalue weighted by Gasteiger charge is 2.02. The van der Waals surface area contributed by atoms with Crippen LogP contribution < -0.4 is 4.74 Å². The Bertz CT molecular complexity index is 493. The first kappa shape index (κ1) is 15.0. The van der Waals surface area contributed by atoms with Crippen LogP contribution in [-0.4, -0.2) is 12.4 Å². The monoisotopic (exact) mass is 286 g/mol. The lowest BCUT2D eigenvalue weighted by Gasteiger charge is -2.10. The van der Waals surface area contributed by atoms with E-state index in [2.05, 4.69) is 62.4 Å². The fraction of sp³-hybridized carbons (Fsp3) is 0.333. The minimum Gasteiger partial charge on any atom is -0.493 e. The van der Waals surface area contributed by atoms with E-state index in [1.54, 1.807) is 0 Å². The molecule has 0 aliphatic rings. The minimum atomic E-state index is 0.623. The second-order valence-corrected chi connectivity index (χ2v) is 6.06. The Hall–Kier alpha value is -1.41. The van der Waals surface area contributed by atoms with E-state index in [4.69, 9.17) is 4.74 Å². The van der Waals surface area contributed by atoms with Crippen LogP contribution in [0.5, 0.6) is 5.75 Å². The molecular formula is C18H22OS. The SMILES string of the molecule is CCC(C)c1ccc(OCCSc2ccccc2)cc1. The number of hydrogen-bond donors (Lipinski definition) is 0. The quantitative estimate of drug-likeness (QED) is 0.500. The Labute approximate surface area is 126 Å². The Morgan fingerprint density at radius 1 is 1.00 bits per heavy atom. The van der Waals surface area contributed by atoms with Crippen molar-refractivity contribution in [2.45, 2.75) is 31.1 Å². The van der Waals surface area contributed by atoms with Gasteiger partial charge >= 0.3 is 0 Å². The van der Waals surface area contributed by atoms with Crippen molar-refractivity contribution in [3.63, 3.8) is 0 Å². The summed E-state index contributed by atoms with van der Waals surface area (Å²) in [4.78, 5) is 1.29. The average molecular weight is 286 g/mol. The molecule has 0 aromatic heterocycles. The van der Waals surface area contributed by atoms with Gasteiger partial charge in [0.15, 0.2) is 0 Å². The van der Waals surface area contributed by atoms with Crippen molar-refractivity contribution in [2.24, 2.45) is 0 Å². The van der Waals surface area contributed by atoms with Gasteiger partial charge in [0.05, 0.1) is 6.61 Å². The molecule has 0 heterocycles. The molecule has 0 radical (unpaired) electrons. The maximum Gasteiger partial charge on any atom is 0.119 e. The van der Waals surface area contributed by atoms with Gasteiger partial charge in [-0.15, -0.1) is 11.8 Å². The van der Waals surface area contributed by atoms with Crippen LogP contribution in [0, 0.1) is 0 Å². The summed E-state index contributed by atoms with van der Waals surface area (Å²) in [7, 11) is 0. The second kappa shape index (κ2) is 8.01. The Kier molecular flexibility index (Phi) is 6.00. The van der Waals surface area contributed by atoms with E-state index in [-0.39, 0.29) is 0 Å². The number of ether oxygens (including phenoxy) is 1. The van der Waals surface area contributed by atoms with Crippen molar-refractivity contribution in [1.29, 1.82) is 0 Å². The molecule has 1 unspecified atom stereocenters. The van der Waals surface area contributed by atoms with Crippen LogP contribution in [-0.2, 0) is 0 Å². The average Bonchev–Trinajstić information content (AvgIpc) is 2.52. The molecule has 0 spiro atoms. The highest BCUT2D eigenvalue weighted by atomic mass is 32.2. The van der Waals surface area contributed by atoms with E-state index in [1.165, 1.54) is 16.9 Å². The predicted octanol–water partition coefficient (Wildman–Crippen LogP) is 5.37. The molecule has 1 nitrogen and oxygen atoms in total. The van der Waals surface area contributed by atoms with Crippen LogP contribution in [0.1, 0.15) is 31.7 Å². The van der Waals surface area contributed by atoms with Crippen molar-refractivity contribution in [2.75, 3.05) is 12.4 Å². The lowest BCUT2D eigenvalue weighted by Crippen LogP contribution is -2.00. The first-order valence-electron chi connectivity index (χ1n) is 7.20. The third-order valence-electron chi connectivity index (χ3n) is 3.43. The van der Waals surface area contributed by atoms with Crippen molar-refractivity contribution in [3.8, 4) is 5.75 Å². The molecule has 0 saturated heterocycles. The molecular weight excluding hydrogens is 264 g/mol. The third kappa shape index (κ3) is 4.61. The standard InChI is InChI=1S/C18H22OS/c1-3-15(2)16-9-11-17(12-10-16)19-13-14-20-18-7-5-4-6-8-18/h4-12,15H,3,13-14H2,1-2H3. The maximum atomic E-state index is 5.78. The summed E-state index contributed by atoms with van der Waals surface area (Å²) in [6.07, 6.45) is 1.17. The molecule has 2 aromatic carbocycles. The fourth-order valence-corrected chi connectivity index (χ4v) is 2.72. The fourth-order valence-electron chi connectivity index (χ4n) is 1.96. The highest BCUT2D eigenvalue weighted by Crippen LogP contribution is 2.22. The zero-order valence-corrected chi connectivity index (χ0v) is 13.0. The molecule has 0 aliphatic heterocycles. The van der Waals surface area contributed by atoms with Crippen LogP contribution in [0.3, 0.4) is 0 Å². The maximum absolute atomic E-state index is 5.78. The number of thioether (sulfide) groups is 1. The van der Waals surface area contributed by atoms with Gasteiger partial charge in [0.1, 0.15) is 5.75 Å². The second-order valence-electron chi connectivity index (χ2n) is 4.89. The molecule has 0 bridgehead atoms. The van der Waals surface area contributed by atoms with E-state index in [0.29, 0.717) is 5.92 Å². The normalized spacial score (nSPS) is 12.1. The molecule has 2 aromatic rings. The summed E-state index contributed by atoms with van der Waals surface area (Å²) < 4.78 is 5.78. The van der Waals surface area contributed by atoms with Crippen molar-refractivity contribution < 1.29 is 4.74 Å². The van der Waals surface area contributed by atoms with Crippen molar-refractivity contribution in [3.05, 3.63) is 60.2 Å². The summed E-state index contributed by atoms with van der Waals surface area (Å²) in [5.74, 6) is 2.56. The van der Waals surface area contributed by atoms with Gasteiger partial charge in [-0.1, -0.05) is 44.2 Å². The zero-order chi connectivity index (χ0) is 14.2. The van der Waals surface area contributed by atoms with E-state index >= 15 is 0 Å². The molecule has 0 saturated carbocycles. The van der Waals surface area contributed by atoms with Gasteiger partial charge < -0.3 is 4.74 Å². The Morgan fingerprint density at radius 3 is 2.35 bits per heavy atom. The molecule has 106 valence electrons. The summed E-state index contributed by atoms with van der Waals surface area (Å²) >= 11 is 1.83. The van der Waals surface area contributed by atoms with Crippen LogP contribution in [0.25, 0.3) is 0 Å². The van der Waals surface area contributed by atoms with Crippen molar-refractivity contribution >= 4 is 11.8 Å². The molecule has 0 fully saturated rings. The Balaban J connectivity index is 1.74. The largest absolute Gasteiger partial charge is 0.493 e. The van der Waals surface area contributed by atoms with Crippen LogP contribution in [0.4, 0.5) is 0 Å². The molecule has 1 atom stereocenters. The van der Waals surface area contributed by atoms with E-state index in [9.17, 15) is 0 Å². The highest BCUT2D eigenvalue weighted by molar-refractivity contribution is 7.99. The first-order chi connectivity index (χ1) is 9.79. The van der Waals surface area contributed by atoms with Gasteiger partial charge in [0.2, 0.25) is 0 Å². The Morgan fingerprint density at radius 2 is 1.70 bits per heavy atom. The lowest BCUT2D eigenvalue weighted by atomic mass is 9.99. The van der Waals surface area contributed by atoms with E-state index in [0.717, 1.165) is 18.1 Å². The summed E-state index contributed by atoms with van der Waals surface area (Å²) in [6.45, 7) is 5.21. The molecule has 2 rings (SSSR count). The van der Waals surface area contributed by atoms with Gasteiger partial charge in [-0.2, -0.15) is 0 Å². The molecule has 20 heavy (non-hydrogen) atoms. The summed E-state index contributed by atoms with van der Waals surface area (Å²) in [5.41, 5.74) is 1.39. The number of rotatable bonds is 7. The van der Waals surface area contributed by atoms with E-state index < -0.39 is 0 Å². The molecule has 0 N–H and O–H groups in total. The van der Waals surface area contributed by atoms with Gasteiger partial charge in [0, 0.05) is 10.6 Å². The predicted molar refractivity (Wildman–Crippen MR) is 87.8 cm³/mol. The third-order valence-corrected chi connectivity index (χ3v) is 4.40. The van der Waals surface area contributed by atoms with Crippen LogP contribution >= 0.6 is 11.8 Å². The molecule has 0 amide bonds. The summed E-state index contributed by atoms with van der Waals surface area (Å²) in [6, 6.07) is 18.9. The van der Waals surface area contributed by atoms with Gasteiger partial charge in [-0.25, -0.2) is 0 Å².